The highest BCUT2D eigenvalue weighted by Crippen LogP contribution is 2.34. The van der Waals surface area contributed by atoms with Crippen LogP contribution in [0.1, 0.15) is 26.7 Å². The fourth-order valence-corrected chi connectivity index (χ4v) is 3.17. The van der Waals surface area contributed by atoms with Crippen LogP contribution < -0.4 is 9.47 Å². The van der Waals surface area contributed by atoms with Crippen LogP contribution in [0, 0.1) is 0 Å². The number of nitrogens with one attached hydrogen (secondary N) is 1. The van der Waals surface area contributed by atoms with E-state index in [0.717, 1.165) is 52.4 Å². The largest absolute Gasteiger partial charge is 0.497 e. The third-order valence-corrected chi connectivity index (χ3v) is 4.80. The van der Waals surface area contributed by atoms with Gasteiger partial charge in [0.05, 0.1) is 35.5 Å². The van der Waals surface area contributed by atoms with Crippen molar-refractivity contribution in [2.24, 2.45) is 0 Å². The van der Waals surface area contributed by atoms with Crippen molar-refractivity contribution in [2.45, 2.75) is 32.8 Å². The molecule has 144 valence electrons. The van der Waals surface area contributed by atoms with Crippen LogP contribution in [0.25, 0.3) is 28.1 Å². The van der Waals surface area contributed by atoms with Crippen molar-refractivity contribution in [3.05, 3.63) is 49.1 Å². The Hall–Kier alpha value is -3.35. The van der Waals surface area contributed by atoms with Crippen molar-refractivity contribution in [1.29, 1.82) is 0 Å². The number of benzene rings is 2. The van der Waals surface area contributed by atoms with Gasteiger partial charge >= 0.3 is 0 Å². The van der Waals surface area contributed by atoms with Crippen LogP contribution in [0.15, 0.2) is 49.1 Å². The zero-order valence-corrected chi connectivity index (χ0v) is 16.2. The lowest BCUT2D eigenvalue weighted by atomic mass is 10.1. The maximum absolute atomic E-state index is 6.26. The Bertz CT molecular complexity index is 1070. The summed E-state index contributed by atoms with van der Waals surface area (Å²) >= 11 is 0. The summed E-state index contributed by atoms with van der Waals surface area (Å²) in [5, 5.41) is 4.18. The van der Waals surface area contributed by atoms with Crippen molar-refractivity contribution < 1.29 is 9.47 Å². The second-order valence-corrected chi connectivity index (χ2v) is 6.55. The molecule has 0 radical (unpaired) electrons. The van der Waals surface area contributed by atoms with E-state index >= 15 is 0 Å². The molecule has 2 aromatic heterocycles. The summed E-state index contributed by atoms with van der Waals surface area (Å²) in [6.07, 6.45) is 5.21. The maximum Gasteiger partial charge on any atom is 0.142 e. The number of imidazole rings is 1. The quantitative estimate of drug-likeness (QED) is 0.517. The number of nitrogens with zero attached hydrogens (tertiary/aromatic N) is 4. The number of methoxy groups -OCH3 is 1. The lowest BCUT2D eigenvalue weighted by Crippen LogP contribution is -2.14. The lowest BCUT2D eigenvalue weighted by molar-refractivity contribution is 0.193. The van der Waals surface area contributed by atoms with E-state index in [9.17, 15) is 0 Å². The first-order valence-corrected chi connectivity index (χ1v) is 9.41. The van der Waals surface area contributed by atoms with Crippen LogP contribution in [-0.4, -0.2) is 37.9 Å². The molecular formula is C21H23N5O2. The first kappa shape index (κ1) is 18.0. The van der Waals surface area contributed by atoms with Gasteiger partial charge < -0.3 is 14.5 Å². The maximum atomic E-state index is 6.26. The van der Waals surface area contributed by atoms with E-state index in [2.05, 4.69) is 28.9 Å². The van der Waals surface area contributed by atoms with Gasteiger partial charge in [0.2, 0.25) is 0 Å². The minimum absolute atomic E-state index is 0.147. The highest BCUT2D eigenvalue weighted by Gasteiger charge is 2.16. The van der Waals surface area contributed by atoms with Gasteiger partial charge in [-0.3, -0.25) is 0 Å². The number of H-pyrrole nitrogens is 1. The lowest BCUT2D eigenvalue weighted by Gasteiger charge is -2.18. The minimum atomic E-state index is 0.147. The molecule has 0 spiro atoms. The Morgan fingerprint density at radius 1 is 1.11 bits per heavy atom. The first-order chi connectivity index (χ1) is 13.7. The number of rotatable bonds is 7. The van der Waals surface area contributed by atoms with Crippen LogP contribution in [-0.2, 0) is 0 Å². The molecule has 0 saturated heterocycles. The van der Waals surface area contributed by atoms with Gasteiger partial charge in [-0.15, -0.1) is 0 Å². The van der Waals surface area contributed by atoms with Crippen molar-refractivity contribution >= 4 is 11.0 Å². The molecule has 4 aromatic rings. The highest BCUT2D eigenvalue weighted by atomic mass is 16.5. The van der Waals surface area contributed by atoms with Crippen LogP contribution in [0.4, 0.5) is 0 Å². The Morgan fingerprint density at radius 2 is 1.96 bits per heavy atom. The molecule has 0 atom stereocenters. The molecular weight excluding hydrogens is 354 g/mol. The third-order valence-electron chi connectivity index (χ3n) is 4.80. The van der Waals surface area contributed by atoms with Crippen LogP contribution in [0.2, 0.25) is 0 Å². The molecule has 0 saturated carbocycles. The summed E-state index contributed by atoms with van der Waals surface area (Å²) in [7, 11) is 1.66. The zero-order valence-electron chi connectivity index (χ0n) is 16.2. The summed E-state index contributed by atoms with van der Waals surface area (Å²) in [6.45, 7) is 4.25. The van der Waals surface area contributed by atoms with Gasteiger partial charge in [0, 0.05) is 6.07 Å². The molecule has 0 aliphatic carbocycles. The Morgan fingerprint density at radius 3 is 2.68 bits per heavy atom. The molecule has 7 nitrogen and oxygen atoms in total. The molecule has 0 aliphatic heterocycles. The number of aromatic nitrogens is 5. The SMILES string of the molecule is CCC(CC)Oc1cc(OC)ccc1-c1nc2ccc(-n3cncn3)cc2[nH]1. The molecule has 1 N–H and O–H groups in total. The van der Waals surface area contributed by atoms with E-state index in [0.29, 0.717) is 0 Å². The van der Waals surface area contributed by atoms with Gasteiger partial charge in [-0.25, -0.2) is 14.6 Å². The standard InChI is InChI=1S/C21H23N5O2/c1-4-15(5-2)28-20-11-16(27-3)7-8-17(20)21-24-18-9-6-14(10-19(18)25-21)26-13-22-12-23-26/h6-13,15H,4-5H2,1-3H3,(H,24,25). The summed E-state index contributed by atoms with van der Waals surface area (Å²) < 4.78 is 13.4. The number of ether oxygens (including phenoxy) is 2. The van der Waals surface area contributed by atoms with Crippen molar-refractivity contribution in [2.75, 3.05) is 7.11 Å². The molecule has 0 fully saturated rings. The third kappa shape index (κ3) is 3.43. The molecule has 0 aliphatic rings. The van der Waals surface area contributed by atoms with Gasteiger partial charge in [-0.05, 0) is 43.2 Å². The normalized spacial score (nSPS) is 11.3. The van der Waals surface area contributed by atoms with Gasteiger partial charge in [0.15, 0.2) is 0 Å². The summed E-state index contributed by atoms with van der Waals surface area (Å²) in [6, 6.07) is 11.8. The van der Waals surface area contributed by atoms with Crippen LogP contribution >= 0.6 is 0 Å². The second kappa shape index (κ2) is 7.72. The van der Waals surface area contributed by atoms with E-state index in [-0.39, 0.29) is 6.10 Å². The fourth-order valence-electron chi connectivity index (χ4n) is 3.17. The van der Waals surface area contributed by atoms with Gasteiger partial charge in [-0.2, -0.15) is 5.10 Å². The smallest absolute Gasteiger partial charge is 0.142 e. The summed E-state index contributed by atoms with van der Waals surface area (Å²) in [5.74, 6) is 2.28. The summed E-state index contributed by atoms with van der Waals surface area (Å²) in [5.41, 5.74) is 3.63. The van der Waals surface area contributed by atoms with Gasteiger partial charge in [0.25, 0.3) is 0 Å². The van der Waals surface area contributed by atoms with Gasteiger partial charge in [-0.1, -0.05) is 13.8 Å². The molecule has 2 aromatic carbocycles. The summed E-state index contributed by atoms with van der Waals surface area (Å²) in [4.78, 5) is 12.2. The van der Waals surface area contributed by atoms with Crippen LogP contribution in [0.5, 0.6) is 11.5 Å². The highest BCUT2D eigenvalue weighted by molar-refractivity contribution is 5.82. The number of fused-ring (bicyclic) bond motifs is 1. The molecule has 0 bridgehead atoms. The molecule has 2 heterocycles. The number of aromatic amines is 1. The minimum Gasteiger partial charge on any atom is -0.497 e. The average molecular weight is 377 g/mol. The zero-order chi connectivity index (χ0) is 19.5. The number of hydrogen-bond acceptors (Lipinski definition) is 5. The van der Waals surface area contributed by atoms with Crippen LogP contribution in [0.3, 0.4) is 0 Å². The first-order valence-electron chi connectivity index (χ1n) is 9.41. The Labute approximate surface area is 163 Å². The van der Waals surface area contributed by atoms with Crippen molar-refractivity contribution in [3.63, 3.8) is 0 Å². The monoisotopic (exact) mass is 377 g/mol. The van der Waals surface area contributed by atoms with E-state index in [1.165, 1.54) is 6.33 Å². The molecule has 0 unspecified atom stereocenters. The Kier molecular flexibility index (Phi) is 4.97. The second-order valence-electron chi connectivity index (χ2n) is 6.55. The average Bonchev–Trinajstić information content (AvgIpc) is 3.40. The predicted octanol–water partition coefficient (Wildman–Crippen LogP) is 4.39. The number of hydrogen-bond donors (Lipinski definition) is 1. The van der Waals surface area contributed by atoms with E-state index in [1.807, 2.05) is 36.4 Å². The molecule has 28 heavy (non-hydrogen) atoms. The molecule has 7 heteroatoms. The Balaban J connectivity index is 1.76. The topological polar surface area (TPSA) is 77.8 Å². The van der Waals surface area contributed by atoms with E-state index < -0.39 is 0 Å². The predicted molar refractivity (Wildman–Crippen MR) is 108 cm³/mol. The van der Waals surface area contributed by atoms with Crippen molar-refractivity contribution in [3.8, 4) is 28.6 Å². The molecule has 0 amide bonds. The fraction of sp³-hybridized carbons (Fsp3) is 0.286. The molecule has 4 rings (SSSR count). The van der Waals surface area contributed by atoms with E-state index in [4.69, 9.17) is 14.5 Å². The van der Waals surface area contributed by atoms with E-state index in [1.54, 1.807) is 18.1 Å². The van der Waals surface area contributed by atoms with Gasteiger partial charge in [0.1, 0.15) is 30.0 Å². The van der Waals surface area contributed by atoms with Crippen molar-refractivity contribution in [1.82, 2.24) is 24.7 Å².